The van der Waals surface area contributed by atoms with Crippen LogP contribution in [0.3, 0.4) is 0 Å². The molecule has 0 aromatic rings. The molecule has 0 radical (unpaired) electrons. The number of carbonyl (C=O) groups excluding carboxylic acids is 1. The fourth-order valence-corrected chi connectivity index (χ4v) is 3.90. The molecule has 7 nitrogen and oxygen atoms in total. The fourth-order valence-electron chi connectivity index (χ4n) is 3.90. The van der Waals surface area contributed by atoms with E-state index in [1.807, 2.05) is 17.2 Å². The first-order chi connectivity index (χ1) is 17.1. The summed E-state index contributed by atoms with van der Waals surface area (Å²) in [4.78, 5) is 18.6. The molecule has 1 aliphatic carbocycles. The van der Waals surface area contributed by atoms with Crippen LogP contribution in [-0.2, 0) is 4.79 Å². The summed E-state index contributed by atoms with van der Waals surface area (Å²) in [5.74, 6) is -0.848. The molecule has 0 aromatic carbocycles. The number of rotatable bonds is 13. The molecule has 0 bridgehead atoms. The first-order valence-electron chi connectivity index (χ1n) is 11.9. The number of alkyl halides is 3. The molecule has 1 unspecified atom stereocenters. The van der Waals surface area contributed by atoms with Crippen molar-refractivity contribution in [3.63, 3.8) is 0 Å². The second-order valence-electron chi connectivity index (χ2n) is 8.79. The van der Waals surface area contributed by atoms with E-state index >= 15 is 4.39 Å². The number of nitrogens with two attached hydrogens (primary N) is 1. The molecule has 1 atom stereocenters. The Balaban J connectivity index is 2.17. The van der Waals surface area contributed by atoms with Crippen LogP contribution >= 0.6 is 0 Å². The van der Waals surface area contributed by atoms with Crippen LogP contribution in [0.2, 0.25) is 0 Å². The average molecular weight is 513 g/mol. The number of amidine groups is 1. The Morgan fingerprint density at radius 3 is 2.53 bits per heavy atom. The molecular formula is C25H36F4N6O. The number of carbonyl (C=O) groups is 1. The molecule has 4 N–H and O–H groups in total. The lowest BCUT2D eigenvalue weighted by Crippen LogP contribution is -2.39. The Hall–Kier alpha value is -3.24. The van der Waals surface area contributed by atoms with Gasteiger partial charge in [-0.15, -0.1) is 0 Å². The lowest BCUT2D eigenvalue weighted by molar-refractivity contribution is -0.127. The lowest BCUT2D eigenvalue weighted by Gasteiger charge is -2.29. The predicted octanol–water partition coefficient (Wildman–Crippen LogP) is 3.37. The molecule has 200 valence electrons. The van der Waals surface area contributed by atoms with Crippen molar-refractivity contribution in [2.75, 3.05) is 40.3 Å². The molecular weight excluding hydrogens is 476 g/mol. The average Bonchev–Trinajstić information content (AvgIpc) is 3.64. The van der Waals surface area contributed by atoms with Gasteiger partial charge in [0.1, 0.15) is 5.82 Å². The minimum Gasteiger partial charge on any atom is -0.372 e. The Bertz CT molecular complexity index is 918. The van der Waals surface area contributed by atoms with E-state index in [-0.39, 0.29) is 42.3 Å². The van der Waals surface area contributed by atoms with Crippen LogP contribution in [0.15, 0.2) is 65.4 Å². The zero-order valence-corrected chi connectivity index (χ0v) is 20.8. The molecule has 1 fully saturated rings. The number of allylic oxidation sites excluding steroid dienone is 4. The van der Waals surface area contributed by atoms with Crippen LogP contribution in [0.4, 0.5) is 17.6 Å². The maximum absolute atomic E-state index is 15.7. The second-order valence-corrected chi connectivity index (χ2v) is 8.79. The summed E-state index contributed by atoms with van der Waals surface area (Å²) in [6, 6.07) is -0.0786. The smallest absolute Gasteiger partial charge is 0.372 e. The van der Waals surface area contributed by atoms with E-state index in [0.29, 0.717) is 13.1 Å². The van der Waals surface area contributed by atoms with Gasteiger partial charge in [-0.1, -0.05) is 37.0 Å². The van der Waals surface area contributed by atoms with E-state index in [4.69, 9.17) is 5.73 Å². The van der Waals surface area contributed by atoms with Crippen molar-refractivity contribution in [3.05, 3.63) is 60.4 Å². The zero-order valence-electron chi connectivity index (χ0n) is 20.8. The van der Waals surface area contributed by atoms with Crippen LogP contribution in [0.25, 0.3) is 0 Å². The van der Waals surface area contributed by atoms with E-state index in [0.717, 1.165) is 19.3 Å². The molecule has 1 aliphatic heterocycles. The lowest BCUT2D eigenvalue weighted by atomic mass is 10.0. The van der Waals surface area contributed by atoms with Crippen molar-refractivity contribution in [1.82, 2.24) is 20.4 Å². The zero-order chi connectivity index (χ0) is 26.7. The molecule has 36 heavy (non-hydrogen) atoms. The van der Waals surface area contributed by atoms with Crippen molar-refractivity contribution >= 4 is 11.7 Å². The van der Waals surface area contributed by atoms with Crippen LogP contribution in [0.1, 0.15) is 25.7 Å². The second kappa shape index (κ2) is 13.7. The summed E-state index contributed by atoms with van der Waals surface area (Å²) in [5.41, 5.74) is 5.33. The Labute approximate surface area is 210 Å². The highest BCUT2D eigenvalue weighted by molar-refractivity contribution is 5.97. The monoisotopic (exact) mass is 512 g/mol. The molecule has 1 amide bonds. The van der Waals surface area contributed by atoms with Gasteiger partial charge in [-0.25, -0.2) is 0 Å². The molecule has 1 heterocycles. The molecule has 11 heteroatoms. The van der Waals surface area contributed by atoms with Gasteiger partial charge < -0.3 is 26.2 Å². The van der Waals surface area contributed by atoms with E-state index in [1.165, 1.54) is 25.3 Å². The van der Waals surface area contributed by atoms with Crippen molar-refractivity contribution < 1.29 is 22.4 Å². The third-order valence-corrected chi connectivity index (χ3v) is 5.77. The van der Waals surface area contributed by atoms with Crippen LogP contribution in [-0.4, -0.2) is 74.0 Å². The van der Waals surface area contributed by atoms with Crippen LogP contribution in [0, 0.1) is 5.92 Å². The fraction of sp³-hybridized carbons (Fsp3) is 0.520. The number of amides is 1. The highest BCUT2D eigenvalue weighted by Crippen LogP contribution is 2.32. The topological polar surface area (TPSA) is 86.0 Å². The van der Waals surface area contributed by atoms with E-state index in [9.17, 15) is 18.0 Å². The number of primary amides is 1. The summed E-state index contributed by atoms with van der Waals surface area (Å²) < 4.78 is 55.3. The van der Waals surface area contributed by atoms with Crippen molar-refractivity contribution in [2.24, 2.45) is 16.6 Å². The first kappa shape index (κ1) is 29.0. The Morgan fingerprint density at radius 1 is 1.31 bits per heavy atom. The van der Waals surface area contributed by atoms with Crippen molar-refractivity contribution in [2.45, 2.75) is 37.9 Å². The van der Waals surface area contributed by atoms with Gasteiger partial charge in [-0.2, -0.15) is 17.6 Å². The minimum atomic E-state index is -4.39. The number of nitrogens with one attached hydrogen (secondary N) is 2. The summed E-state index contributed by atoms with van der Waals surface area (Å²) in [7, 11) is 3.00. The number of hydrogen-bond donors (Lipinski definition) is 3. The summed E-state index contributed by atoms with van der Waals surface area (Å²) in [6.07, 6.45) is 6.43. The van der Waals surface area contributed by atoms with Crippen molar-refractivity contribution in [1.29, 1.82) is 0 Å². The highest BCUT2D eigenvalue weighted by atomic mass is 19.4. The molecule has 0 aromatic heterocycles. The van der Waals surface area contributed by atoms with Gasteiger partial charge in [0.2, 0.25) is 11.7 Å². The summed E-state index contributed by atoms with van der Waals surface area (Å²) in [6.45, 7) is 4.66. The number of aliphatic imine (C=N–C) groups is 1. The SMILES string of the molecule is C=C/C=C\C=C(\CN(C(=NC)/C(F)=C(\NC)NCC1C=CN(CC(N)=O)CC1)C1CC1)CC(F)(F)F. The van der Waals surface area contributed by atoms with Gasteiger partial charge in [0, 0.05) is 39.8 Å². The van der Waals surface area contributed by atoms with Gasteiger partial charge in [0.25, 0.3) is 0 Å². The van der Waals surface area contributed by atoms with Gasteiger partial charge in [0.05, 0.1) is 13.0 Å². The van der Waals surface area contributed by atoms with Gasteiger partial charge in [-0.05, 0) is 37.0 Å². The third kappa shape index (κ3) is 9.79. The summed E-state index contributed by atoms with van der Waals surface area (Å²) >= 11 is 0. The highest BCUT2D eigenvalue weighted by Gasteiger charge is 2.36. The number of halogens is 4. The minimum absolute atomic E-state index is 0.00180. The molecule has 0 spiro atoms. The predicted molar refractivity (Wildman–Crippen MR) is 134 cm³/mol. The standard InChI is InChI=1S/C25H36F4N6O/c1-4-5-6-7-19(14-25(27,28)29)16-35(20-8-9-20)24(32-3)22(26)23(31-2)33-15-18-10-12-34(13-11-18)17-21(30)36/h4-7,10,12,18,20,31,33H,1,8-9,11,13-17H2,2-3H3,(H2,30,36)/b6-5-,19-7+,23-22-,32-24?. The maximum Gasteiger partial charge on any atom is 0.392 e. The molecule has 1 saturated carbocycles. The number of nitrogens with zero attached hydrogens (tertiary/aromatic N) is 3. The van der Waals surface area contributed by atoms with Crippen LogP contribution < -0.4 is 16.4 Å². The molecule has 2 rings (SSSR count). The molecule has 0 saturated heterocycles. The van der Waals surface area contributed by atoms with E-state index < -0.39 is 24.3 Å². The van der Waals surface area contributed by atoms with Gasteiger partial charge >= 0.3 is 6.18 Å². The van der Waals surface area contributed by atoms with Gasteiger partial charge in [0.15, 0.2) is 5.84 Å². The van der Waals surface area contributed by atoms with E-state index in [2.05, 4.69) is 22.2 Å². The van der Waals surface area contributed by atoms with Crippen molar-refractivity contribution in [3.8, 4) is 0 Å². The molecule has 2 aliphatic rings. The Morgan fingerprint density at radius 2 is 2.03 bits per heavy atom. The number of hydrogen-bond acceptors (Lipinski definition) is 5. The van der Waals surface area contributed by atoms with Gasteiger partial charge in [-0.3, -0.25) is 9.79 Å². The Kier molecular flexibility index (Phi) is 11.1. The maximum atomic E-state index is 15.7. The third-order valence-electron chi connectivity index (χ3n) is 5.77. The quantitative estimate of drug-likeness (QED) is 0.153. The van der Waals surface area contributed by atoms with Crippen LogP contribution in [0.5, 0.6) is 0 Å². The normalized spacial score (nSPS) is 19.8. The largest absolute Gasteiger partial charge is 0.392 e. The first-order valence-corrected chi connectivity index (χ1v) is 11.9. The summed E-state index contributed by atoms with van der Waals surface area (Å²) in [5, 5.41) is 5.88. The van der Waals surface area contributed by atoms with E-state index in [1.54, 1.807) is 18.0 Å².